The summed E-state index contributed by atoms with van der Waals surface area (Å²) in [5.41, 5.74) is -1.67. The van der Waals surface area contributed by atoms with Crippen LogP contribution < -0.4 is 10.9 Å². The van der Waals surface area contributed by atoms with E-state index in [1.807, 2.05) is 0 Å². The standard InChI is InChI=1S/C14H15F3N2O3/c15-14(16,17)10-2-4-13(22)19(6-10)7-12(21)18-11-3-1-9(5-11)8-20/h1-4,6,9,11,20H,5,7-8H2,(H,18,21)/t9-,11+/m0/s1. The van der Waals surface area contributed by atoms with Gasteiger partial charge in [-0.2, -0.15) is 13.2 Å². The van der Waals surface area contributed by atoms with Gasteiger partial charge < -0.3 is 15.0 Å². The molecule has 1 aromatic heterocycles. The highest BCUT2D eigenvalue weighted by Crippen LogP contribution is 2.28. The molecule has 2 atom stereocenters. The lowest BCUT2D eigenvalue weighted by atomic mass is 10.1. The summed E-state index contributed by atoms with van der Waals surface area (Å²) in [6.45, 7) is -0.521. The van der Waals surface area contributed by atoms with E-state index in [0.717, 1.165) is 10.6 Å². The number of aliphatic hydroxyl groups is 1. The monoisotopic (exact) mass is 316 g/mol. The molecule has 0 fully saturated rings. The Morgan fingerprint density at radius 3 is 2.68 bits per heavy atom. The first-order chi connectivity index (χ1) is 10.3. The number of carbonyl (C=O) groups is 1. The Morgan fingerprint density at radius 1 is 1.36 bits per heavy atom. The molecular formula is C14H15F3N2O3. The van der Waals surface area contributed by atoms with E-state index in [1.54, 1.807) is 12.2 Å². The average molecular weight is 316 g/mol. The van der Waals surface area contributed by atoms with E-state index >= 15 is 0 Å². The third kappa shape index (κ3) is 3.97. The highest BCUT2D eigenvalue weighted by molar-refractivity contribution is 5.76. The van der Waals surface area contributed by atoms with Gasteiger partial charge in [0.05, 0.1) is 5.56 Å². The van der Waals surface area contributed by atoms with Gasteiger partial charge in [0, 0.05) is 30.8 Å². The minimum Gasteiger partial charge on any atom is -0.396 e. The molecule has 1 aliphatic rings. The number of aliphatic hydroxyl groups excluding tert-OH is 1. The number of nitrogens with zero attached hydrogens (tertiary/aromatic N) is 1. The molecule has 0 spiro atoms. The van der Waals surface area contributed by atoms with Crippen LogP contribution in [-0.4, -0.2) is 28.2 Å². The molecule has 2 rings (SSSR count). The number of halogens is 3. The van der Waals surface area contributed by atoms with Gasteiger partial charge in [0.25, 0.3) is 5.56 Å². The highest BCUT2D eigenvalue weighted by atomic mass is 19.4. The van der Waals surface area contributed by atoms with E-state index in [-0.39, 0.29) is 18.6 Å². The van der Waals surface area contributed by atoms with Crippen molar-refractivity contribution in [1.29, 1.82) is 0 Å². The first kappa shape index (κ1) is 16.3. The first-order valence-corrected chi connectivity index (χ1v) is 6.66. The first-order valence-electron chi connectivity index (χ1n) is 6.66. The maximum absolute atomic E-state index is 12.6. The van der Waals surface area contributed by atoms with Crippen molar-refractivity contribution in [2.24, 2.45) is 5.92 Å². The van der Waals surface area contributed by atoms with Crippen LogP contribution in [0.5, 0.6) is 0 Å². The number of alkyl halides is 3. The van der Waals surface area contributed by atoms with Crippen LogP contribution in [0.25, 0.3) is 0 Å². The maximum atomic E-state index is 12.6. The Balaban J connectivity index is 2.03. The summed E-state index contributed by atoms with van der Waals surface area (Å²) in [7, 11) is 0. The zero-order valence-corrected chi connectivity index (χ0v) is 11.5. The Labute approximate surface area is 124 Å². The maximum Gasteiger partial charge on any atom is 0.417 e. The van der Waals surface area contributed by atoms with Gasteiger partial charge in [0.1, 0.15) is 6.54 Å². The molecule has 1 aromatic rings. The quantitative estimate of drug-likeness (QED) is 0.812. The summed E-state index contributed by atoms with van der Waals surface area (Å²) in [6, 6.07) is 1.18. The molecule has 0 aromatic carbocycles. The molecule has 0 saturated carbocycles. The van der Waals surface area contributed by atoms with Crippen molar-refractivity contribution in [2.75, 3.05) is 6.61 Å². The van der Waals surface area contributed by atoms with Crippen molar-refractivity contribution in [1.82, 2.24) is 9.88 Å². The second-order valence-electron chi connectivity index (χ2n) is 5.12. The van der Waals surface area contributed by atoms with Crippen LogP contribution in [0.3, 0.4) is 0 Å². The molecule has 0 radical (unpaired) electrons. The molecule has 8 heteroatoms. The fraction of sp³-hybridized carbons (Fsp3) is 0.429. The number of hydrogen-bond donors (Lipinski definition) is 2. The van der Waals surface area contributed by atoms with E-state index < -0.39 is 29.8 Å². The summed E-state index contributed by atoms with van der Waals surface area (Å²) < 4.78 is 38.5. The summed E-state index contributed by atoms with van der Waals surface area (Å²) in [5, 5.41) is 11.6. The van der Waals surface area contributed by atoms with Crippen LogP contribution in [-0.2, 0) is 17.5 Å². The third-order valence-electron chi connectivity index (χ3n) is 3.38. The SMILES string of the molecule is O=C(Cn1cc(C(F)(F)F)ccc1=O)N[C@@H]1C=C[C@H](CO)C1. The Hall–Kier alpha value is -2.09. The van der Waals surface area contributed by atoms with Crippen LogP contribution in [0, 0.1) is 5.92 Å². The van der Waals surface area contributed by atoms with Gasteiger partial charge >= 0.3 is 6.18 Å². The van der Waals surface area contributed by atoms with Crippen molar-refractivity contribution >= 4 is 5.91 Å². The molecule has 2 N–H and O–H groups in total. The molecule has 1 heterocycles. The van der Waals surface area contributed by atoms with Gasteiger partial charge in [0.15, 0.2) is 0 Å². The molecule has 0 unspecified atom stereocenters. The van der Waals surface area contributed by atoms with Crippen LogP contribution in [0.2, 0.25) is 0 Å². The second kappa shape index (κ2) is 6.35. The van der Waals surface area contributed by atoms with Crippen molar-refractivity contribution in [3.63, 3.8) is 0 Å². The van der Waals surface area contributed by atoms with Crippen LogP contribution in [0.1, 0.15) is 12.0 Å². The number of nitrogens with one attached hydrogen (secondary N) is 1. The molecule has 0 saturated heterocycles. The Morgan fingerprint density at radius 2 is 2.09 bits per heavy atom. The van der Waals surface area contributed by atoms with Gasteiger partial charge in [-0.3, -0.25) is 9.59 Å². The molecule has 0 bridgehead atoms. The minimum absolute atomic E-state index is 0.0318. The zero-order valence-electron chi connectivity index (χ0n) is 11.5. The number of carbonyl (C=O) groups excluding carboxylic acids is 1. The third-order valence-corrected chi connectivity index (χ3v) is 3.38. The minimum atomic E-state index is -4.57. The number of rotatable bonds is 4. The van der Waals surface area contributed by atoms with Gasteiger partial charge in [0.2, 0.25) is 5.91 Å². The predicted octanol–water partition coefficient (Wildman–Crippen LogP) is 0.920. The summed E-state index contributed by atoms with van der Waals surface area (Å²) >= 11 is 0. The van der Waals surface area contributed by atoms with Crippen molar-refractivity contribution in [3.8, 4) is 0 Å². The Bertz CT molecular complexity index is 637. The molecule has 120 valence electrons. The van der Waals surface area contributed by atoms with E-state index in [4.69, 9.17) is 5.11 Å². The lowest BCUT2D eigenvalue weighted by molar-refractivity contribution is -0.138. The fourth-order valence-electron chi connectivity index (χ4n) is 2.25. The normalized spacial score (nSPS) is 21.1. The lowest BCUT2D eigenvalue weighted by Gasteiger charge is -2.14. The second-order valence-corrected chi connectivity index (χ2v) is 5.12. The molecular weight excluding hydrogens is 301 g/mol. The smallest absolute Gasteiger partial charge is 0.396 e. The highest BCUT2D eigenvalue weighted by Gasteiger charge is 2.31. The van der Waals surface area contributed by atoms with E-state index in [9.17, 15) is 22.8 Å². The summed E-state index contributed by atoms with van der Waals surface area (Å²) in [5.74, 6) is -0.601. The number of hydrogen-bond acceptors (Lipinski definition) is 3. The summed E-state index contributed by atoms with van der Waals surface area (Å²) in [4.78, 5) is 23.4. The van der Waals surface area contributed by atoms with Crippen molar-refractivity contribution in [3.05, 3.63) is 46.4 Å². The van der Waals surface area contributed by atoms with E-state index in [1.165, 1.54) is 0 Å². The van der Waals surface area contributed by atoms with Crippen LogP contribution in [0.15, 0.2) is 35.3 Å². The van der Waals surface area contributed by atoms with Gasteiger partial charge in [-0.25, -0.2) is 0 Å². The molecule has 5 nitrogen and oxygen atoms in total. The molecule has 0 aliphatic heterocycles. The predicted molar refractivity (Wildman–Crippen MR) is 72.0 cm³/mol. The fourth-order valence-corrected chi connectivity index (χ4v) is 2.25. The van der Waals surface area contributed by atoms with E-state index in [0.29, 0.717) is 18.7 Å². The number of amides is 1. The largest absolute Gasteiger partial charge is 0.417 e. The van der Waals surface area contributed by atoms with Gasteiger partial charge in [-0.1, -0.05) is 12.2 Å². The summed E-state index contributed by atoms with van der Waals surface area (Å²) in [6.07, 6.45) is 0.0617. The number of aromatic nitrogens is 1. The van der Waals surface area contributed by atoms with Crippen molar-refractivity contribution in [2.45, 2.75) is 25.2 Å². The zero-order chi connectivity index (χ0) is 16.3. The Kier molecular flexibility index (Phi) is 4.70. The van der Waals surface area contributed by atoms with Gasteiger partial charge in [-0.15, -0.1) is 0 Å². The van der Waals surface area contributed by atoms with Crippen molar-refractivity contribution < 1.29 is 23.1 Å². The van der Waals surface area contributed by atoms with Crippen LogP contribution >= 0.6 is 0 Å². The van der Waals surface area contributed by atoms with Crippen LogP contribution in [0.4, 0.5) is 13.2 Å². The topological polar surface area (TPSA) is 71.3 Å². The molecule has 1 aliphatic carbocycles. The average Bonchev–Trinajstić information content (AvgIpc) is 2.87. The van der Waals surface area contributed by atoms with Gasteiger partial charge in [-0.05, 0) is 12.5 Å². The molecule has 22 heavy (non-hydrogen) atoms. The number of pyridine rings is 1. The molecule has 1 amide bonds. The van der Waals surface area contributed by atoms with E-state index in [2.05, 4.69) is 5.32 Å². The lowest BCUT2D eigenvalue weighted by Crippen LogP contribution is -2.37.